The molecule has 4 nitrogen and oxygen atoms in total. The highest BCUT2D eigenvalue weighted by Gasteiger charge is 2.07. The van der Waals surface area contributed by atoms with Gasteiger partial charge in [0.2, 0.25) is 0 Å². The first kappa shape index (κ1) is 16.4. The Bertz CT molecular complexity index is 308. The molecule has 0 saturated heterocycles. The van der Waals surface area contributed by atoms with Crippen LogP contribution in [0.5, 0.6) is 11.5 Å². The monoisotopic (exact) mass is 254 g/mol. The summed E-state index contributed by atoms with van der Waals surface area (Å²) in [6, 6.07) is 3.53. The number of rotatable bonds is 3. The first-order valence-corrected chi connectivity index (χ1v) is 3.92. The van der Waals surface area contributed by atoms with Crippen molar-refractivity contribution in [3.05, 3.63) is 12.1 Å². The van der Waals surface area contributed by atoms with Crippen molar-refractivity contribution in [3.8, 4) is 11.5 Å². The highest BCUT2D eigenvalue weighted by molar-refractivity contribution is 5.85. The van der Waals surface area contributed by atoms with E-state index < -0.39 is 0 Å². The molecule has 1 rings (SSSR count). The van der Waals surface area contributed by atoms with Gasteiger partial charge in [0.25, 0.3) is 0 Å². The standard InChI is InChI=1S/C9H14N2O2.2ClH/c1-11-7-5-9(13-3)8(12-2)4-6(7)10;;/h4-5,11H,10H2,1-3H3;2*1H. The number of halogens is 2. The van der Waals surface area contributed by atoms with Crippen molar-refractivity contribution in [3.63, 3.8) is 0 Å². The zero-order valence-electron chi connectivity index (χ0n) is 8.87. The van der Waals surface area contributed by atoms with Crippen LogP contribution in [-0.2, 0) is 0 Å². The molecule has 0 fully saturated rings. The fourth-order valence-corrected chi connectivity index (χ4v) is 1.11. The third-order valence-corrected chi connectivity index (χ3v) is 1.83. The molecule has 0 saturated carbocycles. The minimum absolute atomic E-state index is 0. The molecule has 0 bridgehead atoms. The molecule has 15 heavy (non-hydrogen) atoms. The lowest BCUT2D eigenvalue weighted by Crippen LogP contribution is -1.98. The van der Waals surface area contributed by atoms with E-state index in [4.69, 9.17) is 15.2 Å². The predicted molar refractivity (Wildman–Crippen MR) is 68.0 cm³/mol. The van der Waals surface area contributed by atoms with E-state index in [0.717, 1.165) is 5.69 Å². The van der Waals surface area contributed by atoms with Gasteiger partial charge >= 0.3 is 0 Å². The summed E-state index contributed by atoms with van der Waals surface area (Å²) in [4.78, 5) is 0. The van der Waals surface area contributed by atoms with E-state index in [1.807, 2.05) is 0 Å². The van der Waals surface area contributed by atoms with Crippen LogP contribution in [0.2, 0.25) is 0 Å². The van der Waals surface area contributed by atoms with Gasteiger partial charge in [0.1, 0.15) is 0 Å². The highest BCUT2D eigenvalue weighted by atomic mass is 35.5. The van der Waals surface area contributed by atoms with E-state index in [1.165, 1.54) is 0 Å². The molecule has 6 heteroatoms. The summed E-state index contributed by atoms with van der Waals surface area (Å²) >= 11 is 0. The first-order valence-electron chi connectivity index (χ1n) is 3.92. The molecule has 0 amide bonds. The highest BCUT2D eigenvalue weighted by Crippen LogP contribution is 2.34. The second kappa shape index (κ2) is 7.31. The summed E-state index contributed by atoms with van der Waals surface area (Å²) in [7, 11) is 4.97. The maximum Gasteiger partial charge on any atom is 0.162 e. The lowest BCUT2D eigenvalue weighted by atomic mass is 10.2. The Morgan fingerprint density at radius 2 is 1.53 bits per heavy atom. The number of hydrogen-bond acceptors (Lipinski definition) is 4. The van der Waals surface area contributed by atoms with Gasteiger partial charge in [-0.1, -0.05) is 0 Å². The molecule has 0 aliphatic carbocycles. The molecule has 1 aromatic rings. The Kier molecular flexibility index (Phi) is 8.01. The van der Waals surface area contributed by atoms with E-state index in [1.54, 1.807) is 33.4 Å². The average Bonchev–Trinajstić information content (AvgIpc) is 2.17. The summed E-state index contributed by atoms with van der Waals surface area (Å²) in [5.41, 5.74) is 7.20. The molecule has 0 aliphatic rings. The van der Waals surface area contributed by atoms with Gasteiger partial charge in [0.05, 0.1) is 25.6 Å². The Labute approximate surface area is 102 Å². The van der Waals surface area contributed by atoms with E-state index >= 15 is 0 Å². The number of nitrogens with two attached hydrogens (primary N) is 1. The van der Waals surface area contributed by atoms with Gasteiger partial charge in [-0.25, -0.2) is 0 Å². The van der Waals surface area contributed by atoms with Gasteiger partial charge in [-0.15, -0.1) is 24.8 Å². The minimum Gasteiger partial charge on any atom is -0.493 e. The predicted octanol–water partition coefficient (Wildman–Crippen LogP) is 2.17. The van der Waals surface area contributed by atoms with Crippen molar-refractivity contribution in [1.29, 1.82) is 0 Å². The molecule has 0 aromatic heterocycles. The second-order valence-corrected chi connectivity index (χ2v) is 2.54. The van der Waals surface area contributed by atoms with Gasteiger partial charge in [0.15, 0.2) is 11.5 Å². The van der Waals surface area contributed by atoms with Crippen molar-refractivity contribution in [2.75, 3.05) is 32.3 Å². The molecule has 0 aliphatic heterocycles. The van der Waals surface area contributed by atoms with E-state index in [-0.39, 0.29) is 24.8 Å². The van der Waals surface area contributed by atoms with Crippen LogP contribution in [0, 0.1) is 0 Å². The number of nitrogen functional groups attached to an aromatic ring is 1. The molecular weight excluding hydrogens is 239 g/mol. The fourth-order valence-electron chi connectivity index (χ4n) is 1.11. The van der Waals surface area contributed by atoms with Crippen molar-refractivity contribution < 1.29 is 9.47 Å². The van der Waals surface area contributed by atoms with Crippen LogP contribution in [-0.4, -0.2) is 21.3 Å². The van der Waals surface area contributed by atoms with Crippen LogP contribution >= 0.6 is 24.8 Å². The van der Waals surface area contributed by atoms with Crippen LogP contribution in [0.4, 0.5) is 11.4 Å². The third-order valence-electron chi connectivity index (χ3n) is 1.83. The van der Waals surface area contributed by atoms with Crippen molar-refractivity contribution in [2.24, 2.45) is 0 Å². The van der Waals surface area contributed by atoms with Crippen LogP contribution in [0.25, 0.3) is 0 Å². The van der Waals surface area contributed by atoms with Gasteiger partial charge in [-0.2, -0.15) is 0 Å². The molecule has 1 aromatic carbocycles. The molecule has 3 N–H and O–H groups in total. The minimum atomic E-state index is 0. The molecular formula is C9H16Cl2N2O2. The van der Waals surface area contributed by atoms with Crippen LogP contribution in [0.15, 0.2) is 12.1 Å². The van der Waals surface area contributed by atoms with E-state index in [9.17, 15) is 0 Å². The topological polar surface area (TPSA) is 56.5 Å². The summed E-state index contributed by atoms with van der Waals surface area (Å²) in [5.74, 6) is 1.31. The summed E-state index contributed by atoms with van der Waals surface area (Å²) in [6.07, 6.45) is 0. The van der Waals surface area contributed by atoms with Gasteiger partial charge in [-0.3, -0.25) is 0 Å². The van der Waals surface area contributed by atoms with Gasteiger partial charge in [0, 0.05) is 19.2 Å². The Balaban J connectivity index is 0. The number of benzene rings is 1. The maximum atomic E-state index is 5.73. The number of nitrogens with one attached hydrogen (secondary N) is 1. The van der Waals surface area contributed by atoms with Gasteiger partial charge < -0.3 is 20.5 Å². The van der Waals surface area contributed by atoms with Crippen LogP contribution in [0.1, 0.15) is 0 Å². The lowest BCUT2D eigenvalue weighted by Gasteiger charge is -2.11. The summed E-state index contributed by atoms with van der Waals surface area (Å²) < 4.78 is 10.2. The first-order chi connectivity index (χ1) is 6.22. The molecule has 0 atom stereocenters. The Hall–Kier alpha value is -1.000. The van der Waals surface area contributed by atoms with Crippen molar-refractivity contribution in [1.82, 2.24) is 0 Å². The largest absolute Gasteiger partial charge is 0.493 e. The van der Waals surface area contributed by atoms with Crippen molar-refractivity contribution >= 4 is 36.2 Å². The van der Waals surface area contributed by atoms with Crippen LogP contribution < -0.4 is 20.5 Å². The van der Waals surface area contributed by atoms with Gasteiger partial charge in [-0.05, 0) is 0 Å². The fraction of sp³-hybridized carbons (Fsp3) is 0.333. The molecule has 0 radical (unpaired) electrons. The molecule has 88 valence electrons. The Morgan fingerprint density at radius 3 is 1.93 bits per heavy atom. The SMILES string of the molecule is CNc1cc(OC)c(OC)cc1N.Cl.Cl. The summed E-state index contributed by atoms with van der Waals surface area (Å²) in [5, 5.41) is 2.96. The zero-order chi connectivity index (χ0) is 9.84. The quantitative estimate of drug-likeness (QED) is 0.813. The zero-order valence-corrected chi connectivity index (χ0v) is 10.5. The molecule has 0 heterocycles. The van der Waals surface area contributed by atoms with Crippen molar-refractivity contribution in [2.45, 2.75) is 0 Å². The maximum absolute atomic E-state index is 5.73. The second-order valence-electron chi connectivity index (χ2n) is 2.54. The van der Waals surface area contributed by atoms with Crippen LogP contribution in [0.3, 0.4) is 0 Å². The number of anilines is 2. The average molecular weight is 255 g/mol. The lowest BCUT2D eigenvalue weighted by molar-refractivity contribution is 0.355. The third kappa shape index (κ3) is 3.57. The summed E-state index contributed by atoms with van der Waals surface area (Å²) in [6.45, 7) is 0. The normalized spacial score (nSPS) is 8.20. The smallest absolute Gasteiger partial charge is 0.162 e. The molecule has 0 unspecified atom stereocenters. The number of ether oxygens (including phenoxy) is 2. The van der Waals surface area contributed by atoms with E-state index in [0.29, 0.717) is 17.2 Å². The molecule has 0 spiro atoms. The Morgan fingerprint density at radius 1 is 1.07 bits per heavy atom. The number of hydrogen-bond donors (Lipinski definition) is 2. The number of methoxy groups -OCH3 is 2. The van der Waals surface area contributed by atoms with E-state index in [2.05, 4.69) is 5.32 Å².